The molecule has 0 saturated heterocycles. The van der Waals surface area contributed by atoms with Crippen molar-refractivity contribution in [3.05, 3.63) is 35.4 Å². The van der Waals surface area contributed by atoms with Crippen LogP contribution in [0.15, 0.2) is 34.9 Å². The fraction of sp³-hybridized carbons (Fsp3) is 0.500. The minimum atomic E-state index is 0.385. The maximum atomic E-state index is 4.57. The number of hydrogen-bond acceptors (Lipinski definition) is 5. The lowest BCUT2D eigenvalue weighted by atomic mass is 9.59. The summed E-state index contributed by atoms with van der Waals surface area (Å²) in [5.74, 6) is 2.15. The molecule has 2 N–H and O–H groups in total. The molecule has 3 aromatic rings. The van der Waals surface area contributed by atoms with E-state index in [2.05, 4.69) is 88.9 Å². The van der Waals surface area contributed by atoms with Gasteiger partial charge in [-0.2, -0.15) is 10.1 Å². The number of aryl methyl sites for hydroxylation is 1. The molecule has 2 aromatic heterocycles. The molecular weight excluding hydrogens is 372 g/mol. The summed E-state index contributed by atoms with van der Waals surface area (Å²) in [6, 6.07) is 6.24. The molecule has 6 nitrogen and oxygen atoms in total. The van der Waals surface area contributed by atoms with Crippen LogP contribution in [0, 0.1) is 30.1 Å². The minimum absolute atomic E-state index is 0.385. The van der Waals surface area contributed by atoms with Crippen molar-refractivity contribution >= 4 is 34.2 Å². The van der Waals surface area contributed by atoms with E-state index in [0.717, 1.165) is 22.1 Å². The quantitative estimate of drug-likeness (QED) is 0.338. The molecule has 2 heterocycles. The molecule has 5 rings (SSSR count). The number of benzene rings is 1. The predicted molar refractivity (Wildman–Crippen MR) is 123 cm³/mol. The summed E-state index contributed by atoms with van der Waals surface area (Å²) in [4.78, 5) is 7.89. The first kappa shape index (κ1) is 19.2. The number of aromatic nitrogens is 4. The van der Waals surface area contributed by atoms with Gasteiger partial charge >= 0.3 is 0 Å². The Labute approximate surface area is 177 Å². The summed E-state index contributed by atoms with van der Waals surface area (Å²) in [5.41, 5.74) is 8.80. The Morgan fingerprint density at radius 1 is 1.27 bits per heavy atom. The number of nitrogens with zero attached hydrogens (tertiary/aromatic N) is 4. The second-order valence-electron chi connectivity index (χ2n) is 9.84. The Hall–Kier alpha value is -2.76. The van der Waals surface area contributed by atoms with Crippen LogP contribution in [0.5, 0.6) is 0 Å². The number of nitrogens with one attached hydrogen (secondary N) is 2. The zero-order valence-corrected chi connectivity index (χ0v) is 18.2. The van der Waals surface area contributed by atoms with Crippen molar-refractivity contribution in [1.29, 1.82) is 0 Å². The molecule has 6 heteroatoms. The maximum Gasteiger partial charge on any atom is 0.265 e. The summed E-state index contributed by atoms with van der Waals surface area (Å²) in [7, 11) is 0. The predicted octanol–water partition coefficient (Wildman–Crippen LogP) is 5.62. The molecule has 0 aliphatic heterocycles. The van der Waals surface area contributed by atoms with E-state index in [1.165, 1.54) is 31.2 Å². The van der Waals surface area contributed by atoms with Crippen molar-refractivity contribution in [2.45, 2.75) is 53.4 Å². The first-order chi connectivity index (χ1) is 14.4. The molecule has 3 atom stereocenters. The topological polar surface area (TPSA) is 78.9 Å². The second-order valence-corrected chi connectivity index (χ2v) is 9.84. The molecule has 0 radical (unpaired) electrons. The number of rotatable bonds is 3. The third-order valence-corrected chi connectivity index (χ3v) is 7.18. The molecule has 1 aromatic carbocycles. The average Bonchev–Trinajstić information content (AvgIpc) is 3.05. The minimum Gasteiger partial charge on any atom is -0.338 e. The average molecular weight is 403 g/mol. The number of fused-ring (bicyclic) bond motifs is 4. The number of anilines is 1. The van der Waals surface area contributed by atoms with Gasteiger partial charge in [0, 0.05) is 17.1 Å². The molecule has 0 unspecified atom stereocenters. The molecule has 156 valence electrons. The Balaban J connectivity index is 1.33. The first-order valence-electron chi connectivity index (χ1n) is 11.0. The van der Waals surface area contributed by atoms with Crippen molar-refractivity contribution in [3.63, 3.8) is 0 Å². The number of aromatic amines is 1. The summed E-state index contributed by atoms with van der Waals surface area (Å²) in [6.07, 6.45) is 9.42. The highest BCUT2D eigenvalue weighted by Crippen LogP contribution is 2.50. The third kappa shape index (κ3) is 3.38. The molecule has 30 heavy (non-hydrogen) atoms. The van der Waals surface area contributed by atoms with E-state index in [1.54, 1.807) is 5.57 Å². The van der Waals surface area contributed by atoms with E-state index >= 15 is 0 Å². The molecule has 0 spiro atoms. The van der Waals surface area contributed by atoms with Gasteiger partial charge in [-0.15, -0.1) is 10.2 Å². The van der Waals surface area contributed by atoms with Crippen LogP contribution in [0.25, 0.3) is 22.1 Å². The summed E-state index contributed by atoms with van der Waals surface area (Å²) in [5, 5.41) is 14.2. The second kappa shape index (κ2) is 7.18. The van der Waals surface area contributed by atoms with Crippen molar-refractivity contribution in [1.82, 2.24) is 20.2 Å². The van der Waals surface area contributed by atoms with Gasteiger partial charge in [0.15, 0.2) is 5.65 Å². The van der Waals surface area contributed by atoms with Gasteiger partial charge in [0.2, 0.25) is 0 Å². The third-order valence-electron chi connectivity index (χ3n) is 7.18. The number of hydrogen-bond donors (Lipinski definition) is 2. The van der Waals surface area contributed by atoms with Crippen LogP contribution in [0.2, 0.25) is 0 Å². The monoisotopic (exact) mass is 402 g/mol. The van der Waals surface area contributed by atoms with Gasteiger partial charge in [-0.1, -0.05) is 44.1 Å². The van der Waals surface area contributed by atoms with E-state index < -0.39 is 0 Å². The Morgan fingerprint density at radius 3 is 3.00 bits per heavy atom. The molecule has 2 aliphatic carbocycles. The van der Waals surface area contributed by atoms with E-state index in [1.807, 2.05) is 0 Å². The largest absolute Gasteiger partial charge is 0.338 e. The summed E-state index contributed by atoms with van der Waals surface area (Å²) >= 11 is 0. The summed E-state index contributed by atoms with van der Waals surface area (Å²) in [6.45, 7) is 9.25. The van der Waals surface area contributed by atoms with E-state index in [9.17, 15) is 0 Å². The van der Waals surface area contributed by atoms with Crippen LogP contribution in [0.3, 0.4) is 0 Å². The Kier molecular flexibility index (Phi) is 4.60. The van der Waals surface area contributed by atoms with E-state index in [0.29, 0.717) is 29.1 Å². The maximum absolute atomic E-state index is 4.57. The fourth-order valence-corrected chi connectivity index (χ4v) is 5.30. The van der Waals surface area contributed by atoms with Gasteiger partial charge in [0.1, 0.15) is 5.52 Å². The smallest absolute Gasteiger partial charge is 0.265 e. The zero-order chi connectivity index (χ0) is 20.9. The van der Waals surface area contributed by atoms with Gasteiger partial charge in [-0.05, 0) is 67.9 Å². The number of hydrazone groups is 1. The van der Waals surface area contributed by atoms with E-state index in [4.69, 9.17) is 0 Å². The lowest BCUT2D eigenvalue weighted by Crippen LogP contribution is -2.36. The highest BCUT2D eigenvalue weighted by molar-refractivity contribution is 6.03. The van der Waals surface area contributed by atoms with Crippen LogP contribution in [-0.2, 0) is 0 Å². The SMILES string of the molecule is Cc1ccc2[nH]c3nc(NN=C[C@@H]4C[C@@H]5C(=CCCC5(C)C)C[C@H]4C)nnc3c2c1. The van der Waals surface area contributed by atoms with Gasteiger partial charge in [0.05, 0.1) is 0 Å². The Morgan fingerprint density at radius 2 is 2.13 bits per heavy atom. The molecule has 0 amide bonds. The molecule has 0 bridgehead atoms. The number of allylic oxidation sites excluding steroid dienone is 2. The van der Waals surface area contributed by atoms with Gasteiger partial charge in [-0.3, -0.25) is 0 Å². The van der Waals surface area contributed by atoms with Crippen LogP contribution in [-0.4, -0.2) is 26.4 Å². The molecule has 1 fully saturated rings. The van der Waals surface area contributed by atoms with Crippen molar-refractivity contribution in [2.75, 3.05) is 5.43 Å². The van der Waals surface area contributed by atoms with Gasteiger partial charge in [-0.25, -0.2) is 5.43 Å². The first-order valence-corrected chi connectivity index (χ1v) is 11.0. The van der Waals surface area contributed by atoms with Gasteiger partial charge in [0.25, 0.3) is 5.95 Å². The zero-order valence-electron chi connectivity index (χ0n) is 18.2. The number of H-pyrrole nitrogens is 1. The summed E-state index contributed by atoms with van der Waals surface area (Å²) < 4.78 is 0. The lowest BCUT2D eigenvalue weighted by molar-refractivity contribution is 0.149. The van der Waals surface area contributed by atoms with Gasteiger partial charge < -0.3 is 4.98 Å². The highest BCUT2D eigenvalue weighted by atomic mass is 15.4. The van der Waals surface area contributed by atoms with E-state index in [-0.39, 0.29) is 0 Å². The molecule has 1 saturated carbocycles. The van der Waals surface area contributed by atoms with Crippen molar-refractivity contribution < 1.29 is 0 Å². The highest BCUT2D eigenvalue weighted by Gasteiger charge is 2.40. The van der Waals surface area contributed by atoms with Crippen molar-refractivity contribution in [2.24, 2.45) is 28.3 Å². The normalized spacial score (nSPS) is 26.1. The van der Waals surface area contributed by atoms with Crippen LogP contribution in [0.1, 0.15) is 52.0 Å². The fourth-order valence-electron chi connectivity index (χ4n) is 5.30. The van der Waals surface area contributed by atoms with Crippen LogP contribution in [0.4, 0.5) is 5.95 Å². The van der Waals surface area contributed by atoms with Crippen LogP contribution < -0.4 is 5.43 Å². The van der Waals surface area contributed by atoms with Crippen LogP contribution >= 0.6 is 0 Å². The van der Waals surface area contributed by atoms with Crippen molar-refractivity contribution in [3.8, 4) is 0 Å². The lowest BCUT2D eigenvalue weighted by Gasteiger charge is -2.46. The molecular formula is C24H30N6. The molecule has 2 aliphatic rings. The Bertz CT molecular complexity index is 1160. The standard InChI is InChI=1S/C24H30N6/c1-14-7-8-20-18(10-14)21-22(26-20)27-23(30-28-21)29-25-13-17-12-19-16(11-15(17)2)6-5-9-24(19,3)4/h6-8,10,13,15,17,19H,5,9,11-12H2,1-4H3,(H2,26,27,29,30)/t15-,17+,19-/m1/s1.